The largest absolute Gasteiger partial charge is 0.488 e. The Balaban J connectivity index is 1.98. The second kappa shape index (κ2) is 7.69. The minimum absolute atomic E-state index is 0.0436. The zero-order chi connectivity index (χ0) is 15.2. The Morgan fingerprint density at radius 2 is 1.52 bits per heavy atom. The van der Waals surface area contributed by atoms with Gasteiger partial charge in [0, 0.05) is 13.1 Å². The van der Waals surface area contributed by atoms with Gasteiger partial charge in [0.15, 0.2) is 5.75 Å². The van der Waals surface area contributed by atoms with E-state index in [1.807, 2.05) is 44.2 Å². The SMILES string of the molecule is CC(C)Oc1c(Cl)cc(CNCc2ccccc2)cc1Cl. The second-order valence-electron chi connectivity index (χ2n) is 5.14. The Morgan fingerprint density at radius 1 is 0.952 bits per heavy atom. The fourth-order valence-corrected chi connectivity index (χ4v) is 2.63. The molecular weight excluding hydrogens is 305 g/mol. The number of hydrogen-bond acceptors (Lipinski definition) is 2. The molecule has 2 aromatic carbocycles. The summed E-state index contributed by atoms with van der Waals surface area (Å²) in [6, 6.07) is 14.0. The van der Waals surface area contributed by atoms with Crippen LogP contribution in [0.2, 0.25) is 10.0 Å². The summed E-state index contributed by atoms with van der Waals surface area (Å²) < 4.78 is 5.62. The minimum Gasteiger partial charge on any atom is -0.488 e. The maximum atomic E-state index is 6.24. The summed E-state index contributed by atoms with van der Waals surface area (Å²) in [6.07, 6.45) is 0.0436. The minimum atomic E-state index is 0.0436. The van der Waals surface area contributed by atoms with E-state index < -0.39 is 0 Å². The normalized spacial score (nSPS) is 10.9. The van der Waals surface area contributed by atoms with Gasteiger partial charge in [-0.15, -0.1) is 0 Å². The summed E-state index contributed by atoms with van der Waals surface area (Å²) in [7, 11) is 0. The maximum absolute atomic E-state index is 6.24. The van der Waals surface area contributed by atoms with Crippen molar-refractivity contribution in [1.29, 1.82) is 0 Å². The molecule has 0 saturated carbocycles. The molecule has 0 amide bonds. The van der Waals surface area contributed by atoms with Crippen molar-refractivity contribution in [1.82, 2.24) is 5.32 Å². The highest BCUT2D eigenvalue weighted by Gasteiger charge is 2.11. The second-order valence-corrected chi connectivity index (χ2v) is 5.96. The molecule has 0 bridgehead atoms. The first-order valence-electron chi connectivity index (χ1n) is 6.95. The summed E-state index contributed by atoms with van der Waals surface area (Å²) in [5, 5.41) is 4.47. The highest BCUT2D eigenvalue weighted by Crippen LogP contribution is 2.34. The zero-order valence-electron chi connectivity index (χ0n) is 12.2. The first-order chi connectivity index (χ1) is 10.1. The quantitative estimate of drug-likeness (QED) is 0.801. The van der Waals surface area contributed by atoms with Crippen molar-refractivity contribution in [3.05, 3.63) is 63.6 Å². The van der Waals surface area contributed by atoms with Gasteiger partial charge in [-0.3, -0.25) is 0 Å². The molecule has 0 aliphatic rings. The number of hydrogen-bond donors (Lipinski definition) is 1. The molecule has 0 saturated heterocycles. The van der Waals surface area contributed by atoms with Crippen LogP contribution in [-0.4, -0.2) is 6.10 Å². The standard InChI is InChI=1S/C17H19Cl2NO/c1-12(2)21-17-15(18)8-14(9-16(17)19)11-20-10-13-6-4-3-5-7-13/h3-9,12,20H,10-11H2,1-2H3. The smallest absolute Gasteiger partial charge is 0.156 e. The van der Waals surface area contributed by atoms with Gasteiger partial charge >= 0.3 is 0 Å². The van der Waals surface area contributed by atoms with E-state index in [2.05, 4.69) is 17.4 Å². The number of benzene rings is 2. The van der Waals surface area contributed by atoms with Gasteiger partial charge in [-0.25, -0.2) is 0 Å². The lowest BCUT2D eigenvalue weighted by Crippen LogP contribution is -2.13. The third-order valence-corrected chi connectivity index (χ3v) is 3.47. The molecule has 4 heteroatoms. The third kappa shape index (κ3) is 4.92. The molecule has 0 unspecified atom stereocenters. The summed E-state index contributed by atoms with van der Waals surface area (Å²) in [6.45, 7) is 5.40. The van der Waals surface area contributed by atoms with Gasteiger partial charge in [0.1, 0.15) is 0 Å². The lowest BCUT2D eigenvalue weighted by atomic mass is 10.2. The molecule has 0 heterocycles. The Hall–Kier alpha value is -1.22. The van der Waals surface area contributed by atoms with Crippen molar-refractivity contribution in [3.63, 3.8) is 0 Å². The summed E-state index contributed by atoms with van der Waals surface area (Å²) in [4.78, 5) is 0. The van der Waals surface area contributed by atoms with Crippen LogP contribution in [0.25, 0.3) is 0 Å². The molecule has 0 aromatic heterocycles. The van der Waals surface area contributed by atoms with Crippen LogP contribution in [0.1, 0.15) is 25.0 Å². The van der Waals surface area contributed by atoms with Crippen LogP contribution in [0, 0.1) is 0 Å². The van der Waals surface area contributed by atoms with Crippen LogP contribution in [0.3, 0.4) is 0 Å². The molecule has 21 heavy (non-hydrogen) atoms. The van der Waals surface area contributed by atoms with Crippen molar-refractivity contribution in [2.75, 3.05) is 0 Å². The molecule has 0 radical (unpaired) electrons. The highest BCUT2D eigenvalue weighted by atomic mass is 35.5. The van der Waals surface area contributed by atoms with Gasteiger partial charge in [-0.1, -0.05) is 53.5 Å². The molecular formula is C17H19Cl2NO. The van der Waals surface area contributed by atoms with Crippen LogP contribution in [0.15, 0.2) is 42.5 Å². The fourth-order valence-electron chi connectivity index (χ4n) is 2.01. The number of ether oxygens (including phenoxy) is 1. The third-order valence-electron chi connectivity index (χ3n) is 2.91. The monoisotopic (exact) mass is 323 g/mol. The van der Waals surface area contributed by atoms with E-state index in [0.717, 1.165) is 12.1 Å². The lowest BCUT2D eigenvalue weighted by Gasteiger charge is -2.14. The lowest BCUT2D eigenvalue weighted by molar-refractivity contribution is 0.242. The Labute approximate surface area is 136 Å². The Bertz CT molecular complexity index is 562. The summed E-state index contributed by atoms with van der Waals surface area (Å²) >= 11 is 12.5. The summed E-state index contributed by atoms with van der Waals surface area (Å²) in [5.74, 6) is 0.556. The van der Waals surface area contributed by atoms with E-state index in [0.29, 0.717) is 22.3 Å². The number of rotatable bonds is 6. The average Bonchev–Trinajstić information content (AvgIpc) is 2.44. The number of halogens is 2. The van der Waals surface area contributed by atoms with Gasteiger partial charge in [-0.2, -0.15) is 0 Å². The maximum Gasteiger partial charge on any atom is 0.156 e. The van der Waals surface area contributed by atoms with Crippen LogP contribution >= 0.6 is 23.2 Å². The van der Waals surface area contributed by atoms with Crippen LogP contribution in [0.4, 0.5) is 0 Å². The molecule has 2 aromatic rings. The Kier molecular flexibility index (Phi) is 5.92. The molecule has 112 valence electrons. The van der Waals surface area contributed by atoms with E-state index in [1.54, 1.807) is 0 Å². The molecule has 2 nitrogen and oxygen atoms in total. The van der Waals surface area contributed by atoms with Gasteiger partial charge in [0.2, 0.25) is 0 Å². The van der Waals surface area contributed by atoms with Crippen molar-refractivity contribution in [2.45, 2.75) is 33.0 Å². The van der Waals surface area contributed by atoms with E-state index in [9.17, 15) is 0 Å². The predicted octanol–water partition coefficient (Wildman–Crippen LogP) is 5.07. The first kappa shape index (κ1) is 16.2. The molecule has 0 spiro atoms. The molecule has 0 fully saturated rings. The van der Waals surface area contributed by atoms with Crippen LogP contribution in [0.5, 0.6) is 5.75 Å². The van der Waals surface area contributed by atoms with E-state index >= 15 is 0 Å². The Morgan fingerprint density at radius 3 is 2.10 bits per heavy atom. The van der Waals surface area contributed by atoms with Crippen molar-refractivity contribution in [3.8, 4) is 5.75 Å². The van der Waals surface area contributed by atoms with Gasteiger partial charge in [0.05, 0.1) is 16.1 Å². The zero-order valence-corrected chi connectivity index (χ0v) is 13.7. The highest BCUT2D eigenvalue weighted by molar-refractivity contribution is 6.37. The molecule has 2 rings (SSSR count). The molecule has 1 N–H and O–H groups in total. The van der Waals surface area contributed by atoms with Crippen molar-refractivity contribution >= 4 is 23.2 Å². The fraction of sp³-hybridized carbons (Fsp3) is 0.294. The van der Waals surface area contributed by atoms with E-state index in [4.69, 9.17) is 27.9 Å². The predicted molar refractivity (Wildman–Crippen MR) is 89.2 cm³/mol. The topological polar surface area (TPSA) is 21.3 Å². The van der Waals surface area contributed by atoms with Crippen LogP contribution in [-0.2, 0) is 13.1 Å². The van der Waals surface area contributed by atoms with Gasteiger partial charge < -0.3 is 10.1 Å². The average molecular weight is 324 g/mol. The van der Waals surface area contributed by atoms with E-state index in [1.165, 1.54) is 5.56 Å². The van der Waals surface area contributed by atoms with Gasteiger partial charge in [0.25, 0.3) is 0 Å². The van der Waals surface area contributed by atoms with Crippen molar-refractivity contribution in [2.24, 2.45) is 0 Å². The van der Waals surface area contributed by atoms with Gasteiger partial charge in [-0.05, 0) is 37.1 Å². The summed E-state index contributed by atoms with van der Waals surface area (Å²) in [5.41, 5.74) is 2.28. The molecule has 0 aliphatic carbocycles. The van der Waals surface area contributed by atoms with Crippen LogP contribution < -0.4 is 10.1 Å². The number of nitrogens with one attached hydrogen (secondary N) is 1. The van der Waals surface area contributed by atoms with E-state index in [-0.39, 0.29) is 6.10 Å². The first-order valence-corrected chi connectivity index (χ1v) is 7.71. The van der Waals surface area contributed by atoms with Crippen molar-refractivity contribution < 1.29 is 4.74 Å². The molecule has 0 aliphatic heterocycles. The molecule has 0 atom stereocenters.